The highest BCUT2D eigenvalue weighted by atomic mass is 16.5. The van der Waals surface area contributed by atoms with Crippen molar-refractivity contribution >= 4 is 0 Å². The molecule has 1 aromatic rings. The first-order chi connectivity index (χ1) is 7.75. The molecular weight excluding hydrogens is 200 g/mol. The first-order valence-corrected chi connectivity index (χ1v) is 6.06. The van der Waals surface area contributed by atoms with Crippen LogP contribution < -0.4 is 0 Å². The number of aliphatic hydroxyl groups is 1. The minimum absolute atomic E-state index is 0.280. The number of hydrogen-bond acceptors (Lipinski definition) is 2. The number of rotatable bonds is 7. The molecule has 0 amide bonds. The summed E-state index contributed by atoms with van der Waals surface area (Å²) >= 11 is 0. The molecule has 0 aromatic heterocycles. The molecule has 0 aliphatic heterocycles. The van der Waals surface area contributed by atoms with Gasteiger partial charge in [-0.15, -0.1) is 0 Å². The molecule has 2 unspecified atom stereocenters. The van der Waals surface area contributed by atoms with Gasteiger partial charge in [0.05, 0.1) is 6.10 Å². The molecule has 16 heavy (non-hydrogen) atoms. The molecule has 90 valence electrons. The summed E-state index contributed by atoms with van der Waals surface area (Å²) in [4.78, 5) is 0. The maximum absolute atomic E-state index is 10.1. The zero-order valence-electron chi connectivity index (χ0n) is 10.2. The van der Waals surface area contributed by atoms with Crippen molar-refractivity contribution in [2.45, 2.75) is 32.8 Å². The van der Waals surface area contributed by atoms with Crippen molar-refractivity contribution in [2.24, 2.45) is 5.92 Å². The summed E-state index contributed by atoms with van der Waals surface area (Å²) in [5.74, 6) is 0.280. The van der Waals surface area contributed by atoms with E-state index in [2.05, 4.69) is 6.92 Å². The third-order valence-electron chi connectivity index (χ3n) is 2.83. The maximum Gasteiger partial charge on any atom is 0.0815 e. The zero-order chi connectivity index (χ0) is 11.8. The van der Waals surface area contributed by atoms with Gasteiger partial charge in [0.2, 0.25) is 0 Å². The van der Waals surface area contributed by atoms with E-state index in [0.29, 0.717) is 0 Å². The standard InChI is InChI=1S/C14H22O2/c1-3-16-11-7-8-12(2)14(15)13-9-5-4-6-10-13/h4-6,9-10,12,14-15H,3,7-8,11H2,1-2H3. The lowest BCUT2D eigenvalue weighted by molar-refractivity contribution is 0.0959. The van der Waals surface area contributed by atoms with Gasteiger partial charge in [0.15, 0.2) is 0 Å². The molecule has 0 aliphatic carbocycles. The molecular formula is C14H22O2. The van der Waals surface area contributed by atoms with Crippen LogP contribution in [0.2, 0.25) is 0 Å². The molecule has 0 saturated heterocycles. The minimum atomic E-state index is -0.358. The van der Waals surface area contributed by atoms with E-state index in [9.17, 15) is 5.11 Å². The number of hydrogen-bond donors (Lipinski definition) is 1. The van der Waals surface area contributed by atoms with E-state index >= 15 is 0 Å². The van der Waals surface area contributed by atoms with Crippen LogP contribution in [0, 0.1) is 5.92 Å². The van der Waals surface area contributed by atoms with Gasteiger partial charge in [-0.1, -0.05) is 37.3 Å². The van der Waals surface area contributed by atoms with Gasteiger partial charge in [-0.05, 0) is 31.2 Å². The summed E-state index contributed by atoms with van der Waals surface area (Å²) in [6.07, 6.45) is 1.65. The van der Waals surface area contributed by atoms with Crippen LogP contribution in [0.4, 0.5) is 0 Å². The molecule has 0 spiro atoms. The van der Waals surface area contributed by atoms with Crippen LogP contribution in [0.15, 0.2) is 30.3 Å². The van der Waals surface area contributed by atoms with Crippen molar-refractivity contribution in [3.05, 3.63) is 35.9 Å². The van der Waals surface area contributed by atoms with E-state index in [-0.39, 0.29) is 12.0 Å². The quantitative estimate of drug-likeness (QED) is 0.718. The van der Waals surface area contributed by atoms with Gasteiger partial charge in [-0.3, -0.25) is 0 Å². The van der Waals surface area contributed by atoms with Gasteiger partial charge < -0.3 is 9.84 Å². The van der Waals surface area contributed by atoms with E-state index in [1.165, 1.54) is 0 Å². The molecule has 0 aliphatic rings. The Morgan fingerprint density at radius 3 is 2.56 bits per heavy atom. The highest BCUT2D eigenvalue weighted by Gasteiger charge is 2.15. The van der Waals surface area contributed by atoms with Crippen LogP contribution in [-0.4, -0.2) is 18.3 Å². The van der Waals surface area contributed by atoms with Crippen LogP contribution in [-0.2, 0) is 4.74 Å². The molecule has 2 heteroatoms. The lowest BCUT2D eigenvalue weighted by Gasteiger charge is -2.19. The predicted octanol–water partition coefficient (Wildman–Crippen LogP) is 3.17. The monoisotopic (exact) mass is 222 g/mol. The normalized spacial score (nSPS) is 14.7. The van der Waals surface area contributed by atoms with Gasteiger partial charge in [-0.25, -0.2) is 0 Å². The molecule has 2 atom stereocenters. The van der Waals surface area contributed by atoms with Crippen LogP contribution in [0.3, 0.4) is 0 Å². The van der Waals surface area contributed by atoms with E-state index < -0.39 is 0 Å². The molecule has 0 radical (unpaired) electrons. The average Bonchev–Trinajstić information content (AvgIpc) is 2.34. The van der Waals surface area contributed by atoms with Crippen LogP contribution in [0.1, 0.15) is 38.4 Å². The first-order valence-electron chi connectivity index (χ1n) is 6.06. The Bertz CT molecular complexity index is 271. The van der Waals surface area contributed by atoms with Gasteiger partial charge in [-0.2, -0.15) is 0 Å². The van der Waals surface area contributed by atoms with Crippen molar-refractivity contribution in [2.75, 3.05) is 13.2 Å². The lowest BCUT2D eigenvalue weighted by Crippen LogP contribution is -2.10. The molecule has 1 N–H and O–H groups in total. The first kappa shape index (κ1) is 13.2. The third kappa shape index (κ3) is 4.33. The summed E-state index contributed by atoms with van der Waals surface area (Å²) in [6, 6.07) is 9.85. The fraction of sp³-hybridized carbons (Fsp3) is 0.571. The topological polar surface area (TPSA) is 29.5 Å². The second-order valence-corrected chi connectivity index (χ2v) is 4.17. The molecule has 1 aromatic carbocycles. The maximum atomic E-state index is 10.1. The van der Waals surface area contributed by atoms with Crippen molar-refractivity contribution in [1.29, 1.82) is 0 Å². The van der Waals surface area contributed by atoms with Crippen molar-refractivity contribution in [1.82, 2.24) is 0 Å². The Labute approximate surface area is 98.3 Å². The third-order valence-corrected chi connectivity index (χ3v) is 2.83. The number of ether oxygens (including phenoxy) is 1. The molecule has 0 fully saturated rings. The number of benzene rings is 1. The van der Waals surface area contributed by atoms with E-state index in [1.54, 1.807) is 0 Å². The average molecular weight is 222 g/mol. The zero-order valence-corrected chi connectivity index (χ0v) is 10.2. The molecule has 2 nitrogen and oxygen atoms in total. The number of aliphatic hydroxyl groups excluding tert-OH is 1. The van der Waals surface area contributed by atoms with Gasteiger partial charge in [0, 0.05) is 13.2 Å². The van der Waals surface area contributed by atoms with Gasteiger partial charge in [0.25, 0.3) is 0 Å². The summed E-state index contributed by atoms with van der Waals surface area (Å²) < 4.78 is 5.29. The Morgan fingerprint density at radius 2 is 1.94 bits per heavy atom. The minimum Gasteiger partial charge on any atom is -0.388 e. The Balaban J connectivity index is 2.33. The highest BCUT2D eigenvalue weighted by molar-refractivity contribution is 5.17. The van der Waals surface area contributed by atoms with Gasteiger partial charge in [0.1, 0.15) is 0 Å². The fourth-order valence-electron chi connectivity index (χ4n) is 1.79. The van der Waals surface area contributed by atoms with E-state index in [4.69, 9.17) is 4.74 Å². The van der Waals surface area contributed by atoms with Crippen LogP contribution in [0.25, 0.3) is 0 Å². The Kier molecular flexibility index (Phi) is 6.12. The SMILES string of the molecule is CCOCCCC(C)C(O)c1ccccc1. The molecule has 0 heterocycles. The predicted molar refractivity (Wildman–Crippen MR) is 66.3 cm³/mol. The molecule has 1 rings (SSSR count). The second-order valence-electron chi connectivity index (χ2n) is 4.17. The summed E-state index contributed by atoms with van der Waals surface area (Å²) in [6.45, 7) is 5.66. The van der Waals surface area contributed by atoms with Crippen molar-refractivity contribution in [3.63, 3.8) is 0 Å². The molecule has 0 bridgehead atoms. The van der Waals surface area contributed by atoms with Crippen LogP contribution >= 0.6 is 0 Å². The lowest BCUT2D eigenvalue weighted by atomic mass is 9.93. The summed E-state index contributed by atoms with van der Waals surface area (Å²) in [5.41, 5.74) is 1.01. The smallest absolute Gasteiger partial charge is 0.0815 e. The molecule has 0 saturated carbocycles. The second kappa shape index (κ2) is 7.42. The largest absolute Gasteiger partial charge is 0.388 e. The van der Waals surface area contributed by atoms with E-state index in [1.807, 2.05) is 37.3 Å². The van der Waals surface area contributed by atoms with Crippen molar-refractivity contribution in [3.8, 4) is 0 Å². The van der Waals surface area contributed by atoms with E-state index in [0.717, 1.165) is 31.6 Å². The van der Waals surface area contributed by atoms with Gasteiger partial charge >= 0.3 is 0 Å². The summed E-state index contributed by atoms with van der Waals surface area (Å²) in [7, 11) is 0. The highest BCUT2D eigenvalue weighted by Crippen LogP contribution is 2.24. The summed E-state index contributed by atoms with van der Waals surface area (Å²) in [5, 5.41) is 10.1. The Morgan fingerprint density at radius 1 is 1.25 bits per heavy atom. The fourth-order valence-corrected chi connectivity index (χ4v) is 1.79. The van der Waals surface area contributed by atoms with Crippen molar-refractivity contribution < 1.29 is 9.84 Å². The Hall–Kier alpha value is -0.860. The van der Waals surface area contributed by atoms with Crippen LogP contribution in [0.5, 0.6) is 0 Å².